The maximum absolute atomic E-state index is 11.8. The minimum atomic E-state index is -2.99. The molecule has 0 atom stereocenters. The third-order valence-electron chi connectivity index (χ3n) is 4.14. The number of carbonyl (C=O) groups is 1. The van der Waals surface area contributed by atoms with Gasteiger partial charge in [0.1, 0.15) is 9.84 Å². The van der Waals surface area contributed by atoms with Crippen molar-refractivity contribution in [3.63, 3.8) is 0 Å². The largest absolute Gasteiger partial charge is 0.466 e. The number of hydrogen-bond acceptors (Lipinski definition) is 6. The molecule has 0 spiro atoms. The number of aliphatic imine (C=N–C) groups is 1. The zero-order chi connectivity index (χ0) is 19.4. The topological polar surface area (TPSA) is 106 Å². The van der Waals surface area contributed by atoms with Gasteiger partial charge in [0.25, 0.3) is 0 Å². The molecule has 0 amide bonds. The molecule has 27 heavy (non-hydrogen) atoms. The Morgan fingerprint density at radius 2 is 1.81 bits per heavy atom. The normalized spacial score (nSPS) is 20.5. The molecule has 0 heterocycles. The van der Waals surface area contributed by atoms with E-state index in [9.17, 15) is 13.2 Å². The van der Waals surface area contributed by atoms with Crippen molar-refractivity contribution in [1.82, 2.24) is 10.6 Å². The standard InChI is InChI=1S/C17H33N3O5S.HI/c1-4-18-17(19-10-11-24-12-13-26(3,22)23)20-15-8-6-14(7-9-15)16(21)25-5-2;/h14-15H,4-13H2,1-3H3,(H2,18,19,20);1H. The molecule has 1 aliphatic rings. The van der Waals surface area contributed by atoms with Gasteiger partial charge in [0.2, 0.25) is 0 Å². The number of halogens is 1. The fourth-order valence-electron chi connectivity index (χ4n) is 2.78. The molecule has 0 aromatic carbocycles. The summed E-state index contributed by atoms with van der Waals surface area (Å²) in [6.45, 7) is 6.03. The molecule has 0 aromatic heterocycles. The highest BCUT2D eigenvalue weighted by molar-refractivity contribution is 14.0. The van der Waals surface area contributed by atoms with Gasteiger partial charge in [-0.3, -0.25) is 9.79 Å². The molecule has 0 aliphatic heterocycles. The predicted octanol–water partition coefficient (Wildman–Crippen LogP) is 1.34. The van der Waals surface area contributed by atoms with Crippen LogP contribution in [0, 0.1) is 5.92 Å². The molecule has 0 bridgehead atoms. The zero-order valence-electron chi connectivity index (χ0n) is 16.5. The first-order valence-electron chi connectivity index (χ1n) is 9.32. The maximum atomic E-state index is 11.8. The van der Waals surface area contributed by atoms with E-state index in [-0.39, 0.29) is 54.3 Å². The molecular formula is C17H34IN3O5S. The Morgan fingerprint density at radius 3 is 2.37 bits per heavy atom. The number of guanidine groups is 1. The van der Waals surface area contributed by atoms with E-state index in [4.69, 9.17) is 9.47 Å². The number of rotatable bonds is 10. The highest BCUT2D eigenvalue weighted by Gasteiger charge is 2.27. The summed E-state index contributed by atoms with van der Waals surface area (Å²) in [4.78, 5) is 16.2. The van der Waals surface area contributed by atoms with Crippen LogP contribution >= 0.6 is 24.0 Å². The lowest BCUT2D eigenvalue weighted by Gasteiger charge is -2.29. The van der Waals surface area contributed by atoms with Crippen molar-refractivity contribution >= 4 is 45.7 Å². The molecule has 0 saturated heterocycles. The number of sulfone groups is 1. The number of carbonyl (C=O) groups excluding carboxylic acids is 1. The average Bonchev–Trinajstić information content (AvgIpc) is 2.58. The van der Waals surface area contributed by atoms with Gasteiger partial charge >= 0.3 is 5.97 Å². The van der Waals surface area contributed by atoms with E-state index in [1.165, 1.54) is 6.26 Å². The fourth-order valence-corrected chi connectivity index (χ4v) is 3.20. The number of nitrogens with zero attached hydrogens (tertiary/aromatic N) is 1. The van der Waals surface area contributed by atoms with Crippen molar-refractivity contribution in [3.05, 3.63) is 0 Å². The van der Waals surface area contributed by atoms with Crippen LogP contribution in [0.1, 0.15) is 39.5 Å². The molecular weight excluding hydrogens is 485 g/mol. The Morgan fingerprint density at radius 1 is 1.15 bits per heavy atom. The fraction of sp³-hybridized carbons (Fsp3) is 0.882. The summed E-state index contributed by atoms with van der Waals surface area (Å²) in [5, 5.41) is 6.59. The predicted molar refractivity (Wildman–Crippen MR) is 117 cm³/mol. The SMILES string of the molecule is CCNC(=NCCOCCS(C)(=O)=O)NC1CCC(C(=O)OCC)CC1.I. The van der Waals surface area contributed by atoms with Crippen LogP contribution in [0.5, 0.6) is 0 Å². The first-order valence-corrected chi connectivity index (χ1v) is 11.4. The Bertz CT molecular complexity index is 549. The number of esters is 1. The van der Waals surface area contributed by atoms with Crippen LogP contribution in [0.2, 0.25) is 0 Å². The molecule has 1 aliphatic carbocycles. The Balaban J connectivity index is 0.00000676. The van der Waals surface area contributed by atoms with Crippen LogP contribution in [-0.4, -0.2) is 71.3 Å². The van der Waals surface area contributed by atoms with Crippen LogP contribution in [0.25, 0.3) is 0 Å². The van der Waals surface area contributed by atoms with Gasteiger partial charge in [-0.1, -0.05) is 0 Å². The number of ether oxygens (including phenoxy) is 2. The molecule has 0 aromatic rings. The lowest BCUT2D eigenvalue weighted by Crippen LogP contribution is -2.45. The second-order valence-corrected chi connectivity index (χ2v) is 8.71. The summed E-state index contributed by atoms with van der Waals surface area (Å²) in [5.74, 6) is 0.672. The molecule has 160 valence electrons. The molecule has 1 rings (SSSR count). The molecule has 8 nitrogen and oxygen atoms in total. The van der Waals surface area contributed by atoms with Gasteiger partial charge in [0.15, 0.2) is 5.96 Å². The minimum absolute atomic E-state index is 0. The molecule has 0 radical (unpaired) electrons. The summed E-state index contributed by atoms with van der Waals surface area (Å²) in [5.41, 5.74) is 0. The summed E-state index contributed by atoms with van der Waals surface area (Å²) >= 11 is 0. The molecule has 2 N–H and O–H groups in total. The van der Waals surface area contributed by atoms with Gasteiger partial charge in [-0.2, -0.15) is 0 Å². The second kappa shape index (κ2) is 14.4. The minimum Gasteiger partial charge on any atom is -0.466 e. The first-order chi connectivity index (χ1) is 12.4. The lowest BCUT2D eigenvalue weighted by molar-refractivity contribution is -0.149. The Labute approximate surface area is 180 Å². The Kier molecular flexibility index (Phi) is 14.1. The van der Waals surface area contributed by atoms with Crippen molar-refractivity contribution in [3.8, 4) is 0 Å². The molecule has 1 saturated carbocycles. The summed E-state index contributed by atoms with van der Waals surface area (Å²) in [7, 11) is -2.99. The third kappa shape index (κ3) is 12.5. The van der Waals surface area contributed by atoms with E-state index < -0.39 is 9.84 Å². The van der Waals surface area contributed by atoms with E-state index in [0.717, 1.165) is 38.2 Å². The summed E-state index contributed by atoms with van der Waals surface area (Å²) in [6, 6.07) is 0.282. The van der Waals surface area contributed by atoms with Crippen molar-refractivity contribution in [2.75, 3.05) is 44.9 Å². The van der Waals surface area contributed by atoms with Crippen LogP contribution in [0.4, 0.5) is 0 Å². The lowest BCUT2D eigenvalue weighted by atomic mass is 9.86. The van der Waals surface area contributed by atoms with E-state index in [1.54, 1.807) is 0 Å². The maximum Gasteiger partial charge on any atom is 0.308 e. The van der Waals surface area contributed by atoms with Gasteiger partial charge in [0, 0.05) is 18.8 Å². The van der Waals surface area contributed by atoms with Gasteiger partial charge in [-0.25, -0.2) is 8.42 Å². The van der Waals surface area contributed by atoms with Crippen molar-refractivity contribution < 1.29 is 22.7 Å². The van der Waals surface area contributed by atoms with Crippen LogP contribution < -0.4 is 10.6 Å². The van der Waals surface area contributed by atoms with Crippen molar-refractivity contribution in [1.29, 1.82) is 0 Å². The molecule has 10 heteroatoms. The van der Waals surface area contributed by atoms with Crippen molar-refractivity contribution in [2.24, 2.45) is 10.9 Å². The molecule has 0 unspecified atom stereocenters. The zero-order valence-corrected chi connectivity index (χ0v) is 19.7. The van der Waals surface area contributed by atoms with E-state index >= 15 is 0 Å². The van der Waals surface area contributed by atoms with Gasteiger partial charge in [0.05, 0.1) is 38.0 Å². The van der Waals surface area contributed by atoms with Gasteiger partial charge in [-0.05, 0) is 39.5 Å². The molecule has 1 fully saturated rings. The summed E-state index contributed by atoms with van der Waals surface area (Å²) in [6.07, 6.45) is 4.64. The van der Waals surface area contributed by atoms with Crippen LogP contribution in [-0.2, 0) is 24.1 Å². The summed E-state index contributed by atoms with van der Waals surface area (Å²) < 4.78 is 32.4. The van der Waals surface area contributed by atoms with E-state index in [0.29, 0.717) is 19.8 Å². The first kappa shape index (κ1) is 26.4. The van der Waals surface area contributed by atoms with Crippen LogP contribution in [0.3, 0.4) is 0 Å². The van der Waals surface area contributed by atoms with Crippen LogP contribution in [0.15, 0.2) is 4.99 Å². The number of nitrogens with one attached hydrogen (secondary N) is 2. The van der Waals surface area contributed by atoms with E-state index in [1.807, 2.05) is 13.8 Å². The van der Waals surface area contributed by atoms with E-state index in [2.05, 4.69) is 15.6 Å². The number of hydrogen-bond donors (Lipinski definition) is 2. The van der Waals surface area contributed by atoms with Crippen molar-refractivity contribution in [2.45, 2.75) is 45.6 Å². The van der Waals surface area contributed by atoms with Gasteiger partial charge < -0.3 is 20.1 Å². The Hall–Kier alpha value is -0.620. The third-order valence-corrected chi connectivity index (χ3v) is 5.04. The highest BCUT2D eigenvalue weighted by Crippen LogP contribution is 2.25. The average molecular weight is 519 g/mol. The highest BCUT2D eigenvalue weighted by atomic mass is 127. The smallest absolute Gasteiger partial charge is 0.308 e. The van der Waals surface area contributed by atoms with Gasteiger partial charge in [-0.15, -0.1) is 24.0 Å². The monoisotopic (exact) mass is 519 g/mol. The quantitative estimate of drug-likeness (QED) is 0.148. The second-order valence-electron chi connectivity index (χ2n) is 6.45.